The topological polar surface area (TPSA) is 108 Å². The maximum absolute atomic E-state index is 13.2. The van der Waals surface area contributed by atoms with Crippen molar-refractivity contribution in [3.63, 3.8) is 0 Å². The second kappa shape index (κ2) is 12.5. The number of carbonyl (C=O) groups is 2. The normalized spacial score (nSPS) is 20.2. The maximum atomic E-state index is 13.2. The van der Waals surface area contributed by atoms with Crippen LogP contribution < -0.4 is 10.1 Å². The van der Waals surface area contributed by atoms with Crippen molar-refractivity contribution < 1.29 is 27.5 Å². The molecule has 0 bridgehead atoms. The number of methoxy groups -OCH3 is 2. The monoisotopic (exact) mass is 496 g/mol. The van der Waals surface area contributed by atoms with Crippen LogP contribution in [0.2, 0.25) is 0 Å². The Kier molecular flexibility index (Phi) is 9.69. The van der Waals surface area contributed by atoms with E-state index in [1.165, 1.54) is 23.5 Å². The van der Waals surface area contributed by atoms with E-state index >= 15 is 0 Å². The first-order valence-electron chi connectivity index (χ1n) is 11.8. The van der Waals surface area contributed by atoms with E-state index in [-0.39, 0.29) is 29.2 Å². The highest BCUT2D eigenvalue weighted by molar-refractivity contribution is 7.89. The van der Waals surface area contributed by atoms with Crippen LogP contribution >= 0.6 is 0 Å². The second-order valence-corrected chi connectivity index (χ2v) is 10.6. The molecule has 1 aromatic carbocycles. The van der Waals surface area contributed by atoms with Crippen molar-refractivity contribution in [3.8, 4) is 5.75 Å². The summed E-state index contributed by atoms with van der Waals surface area (Å²) in [7, 11) is -0.508. The van der Waals surface area contributed by atoms with E-state index in [2.05, 4.69) is 5.32 Å². The van der Waals surface area contributed by atoms with Crippen molar-refractivity contribution >= 4 is 21.8 Å². The average molecular weight is 497 g/mol. The summed E-state index contributed by atoms with van der Waals surface area (Å²) in [5.74, 6) is 0.214. The number of ether oxygens (including phenoxy) is 2. The zero-order valence-corrected chi connectivity index (χ0v) is 20.9. The van der Waals surface area contributed by atoms with Gasteiger partial charge in [-0.25, -0.2) is 8.42 Å². The van der Waals surface area contributed by atoms with E-state index in [1.807, 2.05) is 4.90 Å². The van der Waals surface area contributed by atoms with Gasteiger partial charge in [0.2, 0.25) is 21.8 Å². The third-order valence-electron chi connectivity index (χ3n) is 6.33. The molecule has 0 radical (unpaired) electrons. The fourth-order valence-electron chi connectivity index (χ4n) is 4.35. The Hall–Kier alpha value is -2.21. The molecule has 190 valence electrons. The van der Waals surface area contributed by atoms with E-state index < -0.39 is 10.0 Å². The predicted molar refractivity (Wildman–Crippen MR) is 127 cm³/mol. The average Bonchev–Trinajstić information content (AvgIpc) is 2.87. The van der Waals surface area contributed by atoms with Crippen molar-refractivity contribution in [1.29, 1.82) is 0 Å². The minimum Gasteiger partial charge on any atom is -0.497 e. The fourth-order valence-corrected chi connectivity index (χ4v) is 5.87. The van der Waals surface area contributed by atoms with E-state index in [0.717, 1.165) is 6.42 Å². The molecule has 2 fully saturated rings. The summed E-state index contributed by atoms with van der Waals surface area (Å²) in [6.45, 7) is 4.43. The van der Waals surface area contributed by atoms with Gasteiger partial charge in [-0.05, 0) is 43.5 Å². The van der Waals surface area contributed by atoms with Gasteiger partial charge >= 0.3 is 0 Å². The number of piperazine rings is 1. The molecular weight excluding hydrogens is 460 g/mol. The Bertz CT molecular complexity index is 916. The molecule has 0 aromatic heterocycles. The van der Waals surface area contributed by atoms with Gasteiger partial charge in [0, 0.05) is 59.5 Å². The number of nitrogens with one attached hydrogen (secondary N) is 1. The van der Waals surface area contributed by atoms with Crippen LogP contribution in [0.5, 0.6) is 5.75 Å². The molecule has 1 atom stereocenters. The number of carbonyl (C=O) groups excluding carboxylic acids is 2. The molecule has 34 heavy (non-hydrogen) atoms. The van der Waals surface area contributed by atoms with E-state index in [1.54, 1.807) is 24.1 Å². The number of nitrogens with zero attached hydrogens (tertiary/aromatic N) is 3. The molecule has 1 aromatic rings. The molecule has 11 heteroatoms. The number of hydrogen-bond donors (Lipinski definition) is 1. The molecule has 0 saturated carbocycles. The lowest BCUT2D eigenvalue weighted by atomic mass is 9.98. The van der Waals surface area contributed by atoms with Crippen LogP contribution in [-0.2, 0) is 24.3 Å². The van der Waals surface area contributed by atoms with Gasteiger partial charge in [-0.3, -0.25) is 14.5 Å². The smallest absolute Gasteiger partial charge is 0.243 e. The van der Waals surface area contributed by atoms with Crippen LogP contribution in [-0.4, -0.2) is 108 Å². The van der Waals surface area contributed by atoms with Crippen LogP contribution in [0.4, 0.5) is 0 Å². The molecule has 3 rings (SSSR count). The summed E-state index contributed by atoms with van der Waals surface area (Å²) in [5.41, 5.74) is 0. The van der Waals surface area contributed by atoms with Gasteiger partial charge in [-0.2, -0.15) is 4.31 Å². The quantitative estimate of drug-likeness (QED) is 0.467. The molecule has 2 amide bonds. The van der Waals surface area contributed by atoms with Gasteiger partial charge in [0.15, 0.2) is 0 Å². The third-order valence-corrected chi connectivity index (χ3v) is 8.21. The summed E-state index contributed by atoms with van der Waals surface area (Å²) in [5, 5.41) is 2.88. The lowest BCUT2D eigenvalue weighted by Crippen LogP contribution is -2.54. The molecule has 1 N–H and O–H groups in total. The van der Waals surface area contributed by atoms with Gasteiger partial charge in [0.05, 0.1) is 24.5 Å². The third kappa shape index (κ3) is 6.91. The first-order chi connectivity index (χ1) is 16.3. The van der Waals surface area contributed by atoms with Crippen molar-refractivity contribution in [2.24, 2.45) is 5.92 Å². The van der Waals surface area contributed by atoms with E-state index in [4.69, 9.17) is 9.47 Å². The lowest BCUT2D eigenvalue weighted by molar-refractivity contribution is -0.138. The highest BCUT2D eigenvalue weighted by Gasteiger charge is 2.36. The molecule has 0 aliphatic carbocycles. The summed E-state index contributed by atoms with van der Waals surface area (Å²) in [6.07, 6.45) is 2.10. The number of rotatable bonds is 10. The Morgan fingerprint density at radius 3 is 2.41 bits per heavy atom. The highest BCUT2D eigenvalue weighted by atomic mass is 32.2. The van der Waals surface area contributed by atoms with Crippen molar-refractivity contribution in [1.82, 2.24) is 19.4 Å². The van der Waals surface area contributed by atoms with Gasteiger partial charge < -0.3 is 19.7 Å². The Balaban J connectivity index is 1.49. The lowest BCUT2D eigenvalue weighted by Gasteiger charge is -2.38. The molecular formula is C23H36N4O6S. The molecule has 10 nitrogen and oxygen atoms in total. The van der Waals surface area contributed by atoms with E-state index in [0.29, 0.717) is 71.0 Å². The minimum absolute atomic E-state index is 0.00158. The van der Waals surface area contributed by atoms with Crippen LogP contribution in [0.1, 0.15) is 19.3 Å². The van der Waals surface area contributed by atoms with Crippen LogP contribution in [0.3, 0.4) is 0 Å². The van der Waals surface area contributed by atoms with Gasteiger partial charge in [0.1, 0.15) is 5.75 Å². The Labute approximate surface area is 202 Å². The van der Waals surface area contributed by atoms with E-state index in [9.17, 15) is 18.0 Å². The molecule has 0 spiro atoms. The fraction of sp³-hybridized carbons (Fsp3) is 0.652. The first kappa shape index (κ1) is 26.4. The van der Waals surface area contributed by atoms with Crippen molar-refractivity contribution in [3.05, 3.63) is 24.3 Å². The zero-order chi connectivity index (χ0) is 24.6. The van der Waals surface area contributed by atoms with Crippen LogP contribution in [0, 0.1) is 5.92 Å². The minimum atomic E-state index is -3.67. The SMILES string of the molecule is COCCCNC(=O)CN1CCN(C(=O)C2CCCN(S(=O)(=O)c3ccc(OC)cc3)C2)CC1. The summed E-state index contributed by atoms with van der Waals surface area (Å²) in [6, 6.07) is 6.32. The number of benzene rings is 1. The van der Waals surface area contributed by atoms with Crippen LogP contribution in [0.25, 0.3) is 0 Å². The van der Waals surface area contributed by atoms with Gasteiger partial charge in [-0.15, -0.1) is 0 Å². The zero-order valence-electron chi connectivity index (χ0n) is 20.1. The maximum Gasteiger partial charge on any atom is 0.243 e. The summed E-state index contributed by atoms with van der Waals surface area (Å²) >= 11 is 0. The molecule has 2 aliphatic heterocycles. The standard InChI is InChI=1S/C23H36N4O6S/c1-32-16-4-10-24-22(28)18-25-12-14-26(15-13-25)23(29)19-5-3-11-27(17-19)34(30,31)21-8-6-20(33-2)7-9-21/h6-9,19H,3-5,10-18H2,1-2H3,(H,24,28). The summed E-state index contributed by atoms with van der Waals surface area (Å²) < 4.78 is 37.7. The molecule has 2 heterocycles. The van der Waals surface area contributed by atoms with Gasteiger partial charge in [-0.1, -0.05) is 0 Å². The first-order valence-corrected chi connectivity index (χ1v) is 13.2. The number of hydrogen-bond acceptors (Lipinski definition) is 7. The van der Waals surface area contributed by atoms with Gasteiger partial charge in [0.25, 0.3) is 0 Å². The molecule has 2 saturated heterocycles. The Morgan fingerprint density at radius 2 is 1.76 bits per heavy atom. The predicted octanol–water partition coefficient (Wildman–Crippen LogP) is 0.393. The second-order valence-electron chi connectivity index (χ2n) is 8.68. The van der Waals surface area contributed by atoms with Crippen LogP contribution in [0.15, 0.2) is 29.2 Å². The molecule has 1 unspecified atom stereocenters. The summed E-state index contributed by atoms with van der Waals surface area (Å²) in [4.78, 5) is 29.3. The number of sulfonamides is 1. The van der Waals surface area contributed by atoms with Crippen molar-refractivity contribution in [2.45, 2.75) is 24.2 Å². The highest BCUT2D eigenvalue weighted by Crippen LogP contribution is 2.26. The largest absolute Gasteiger partial charge is 0.497 e. The number of amides is 2. The molecule has 2 aliphatic rings. The Morgan fingerprint density at radius 1 is 1.06 bits per heavy atom. The number of piperidine rings is 1. The van der Waals surface area contributed by atoms with Crippen molar-refractivity contribution in [2.75, 3.05) is 73.2 Å².